The molecular weight excluding hydrogens is 474 g/mol. The molecule has 2 rings (SSSR count). The number of para-hydroxylation sites is 1. The third kappa shape index (κ3) is 8.27. The molecule has 0 aliphatic heterocycles. The second-order valence-electron chi connectivity index (χ2n) is 9.83. The molecule has 0 fully saturated rings. The van der Waals surface area contributed by atoms with E-state index in [-0.39, 0.29) is 23.8 Å². The fourth-order valence-corrected chi connectivity index (χ4v) is 3.64. The van der Waals surface area contributed by atoms with Crippen molar-refractivity contribution in [1.82, 2.24) is 10.2 Å². The Kier molecular flexibility index (Phi) is 10.1. The van der Waals surface area contributed by atoms with Crippen LogP contribution < -0.4 is 15.4 Å². The standard InChI is InChI=1S/C28H37N3O6/c1-8-17-31(26(34)23(18(2)3)30-27(35)37-28(4,5)6)24(21-11-9-10-12-22(21)32)25(33)29-19-13-15-20(36-7)16-14-19/h8-16,18,23-24,32H,1,17H2,2-7H3,(H,29,33)(H,30,35). The maximum Gasteiger partial charge on any atom is 0.408 e. The molecule has 0 spiro atoms. The van der Waals surface area contributed by atoms with E-state index in [2.05, 4.69) is 17.2 Å². The van der Waals surface area contributed by atoms with E-state index in [9.17, 15) is 19.5 Å². The summed E-state index contributed by atoms with van der Waals surface area (Å²) < 4.78 is 10.5. The van der Waals surface area contributed by atoms with E-state index in [1.807, 2.05) is 0 Å². The molecule has 0 saturated heterocycles. The molecule has 2 aromatic rings. The minimum absolute atomic E-state index is 0.0207. The first-order valence-electron chi connectivity index (χ1n) is 12.0. The molecule has 2 unspecified atom stereocenters. The average molecular weight is 512 g/mol. The molecular formula is C28H37N3O6. The average Bonchev–Trinajstić information content (AvgIpc) is 2.82. The molecule has 0 aliphatic rings. The Hall–Kier alpha value is -4.01. The van der Waals surface area contributed by atoms with Crippen LogP contribution in [-0.2, 0) is 14.3 Å². The van der Waals surface area contributed by atoms with Crippen molar-refractivity contribution in [1.29, 1.82) is 0 Å². The van der Waals surface area contributed by atoms with Crippen molar-refractivity contribution >= 4 is 23.6 Å². The minimum atomic E-state index is -1.23. The molecule has 37 heavy (non-hydrogen) atoms. The van der Waals surface area contributed by atoms with E-state index in [4.69, 9.17) is 9.47 Å². The van der Waals surface area contributed by atoms with Crippen LogP contribution in [0.4, 0.5) is 10.5 Å². The summed E-state index contributed by atoms with van der Waals surface area (Å²) in [4.78, 5) is 41.3. The van der Waals surface area contributed by atoms with Crippen molar-refractivity contribution in [2.24, 2.45) is 5.92 Å². The second kappa shape index (κ2) is 12.8. The zero-order valence-corrected chi connectivity index (χ0v) is 22.3. The number of benzene rings is 2. The number of anilines is 1. The number of phenolic OH excluding ortho intramolecular Hbond substituents is 1. The van der Waals surface area contributed by atoms with Crippen molar-refractivity contribution in [2.45, 2.75) is 52.3 Å². The number of amides is 3. The first-order chi connectivity index (χ1) is 17.4. The van der Waals surface area contributed by atoms with Crippen molar-refractivity contribution < 1.29 is 29.0 Å². The van der Waals surface area contributed by atoms with Gasteiger partial charge >= 0.3 is 6.09 Å². The summed E-state index contributed by atoms with van der Waals surface area (Å²) in [5.41, 5.74) is -0.0560. The number of methoxy groups -OCH3 is 1. The molecule has 9 nitrogen and oxygen atoms in total. The predicted octanol–water partition coefficient (Wildman–Crippen LogP) is 4.64. The molecule has 0 saturated carbocycles. The van der Waals surface area contributed by atoms with Crippen LogP contribution in [-0.4, -0.2) is 53.2 Å². The number of rotatable bonds is 10. The summed E-state index contributed by atoms with van der Waals surface area (Å²) in [5, 5.41) is 16.1. The first-order valence-corrected chi connectivity index (χ1v) is 12.0. The van der Waals surface area contributed by atoms with E-state index >= 15 is 0 Å². The molecule has 3 amide bonds. The maximum atomic E-state index is 13.9. The third-order valence-corrected chi connectivity index (χ3v) is 5.36. The van der Waals surface area contributed by atoms with Crippen LogP contribution in [0.15, 0.2) is 61.2 Å². The Labute approximate surface area is 218 Å². The summed E-state index contributed by atoms with van der Waals surface area (Å²) in [6, 6.07) is 10.8. The van der Waals surface area contributed by atoms with E-state index in [0.717, 1.165) is 0 Å². The summed E-state index contributed by atoms with van der Waals surface area (Å²) in [6.07, 6.45) is 0.732. The van der Waals surface area contributed by atoms with E-state index < -0.39 is 35.6 Å². The van der Waals surface area contributed by atoms with Crippen LogP contribution in [0.5, 0.6) is 11.5 Å². The fraction of sp³-hybridized carbons (Fsp3) is 0.393. The molecule has 0 aromatic heterocycles. The lowest BCUT2D eigenvalue weighted by Gasteiger charge is -2.35. The van der Waals surface area contributed by atoms with Gasteiger partial charge in [-0.1, -0.05) is 38.1 Å². The lowest BCUT2D eigenvalue weighted by Crippen LogP contribution is -2.54. The lowest BCUT2D eigenvalue weighted by molar-refractivity contribution is -0.141. The Bertz CT molecular complexity index is 1090. The molecule has 2 atom stereocenters. The maximum absolute atomic E-state index is 13.9. The first kappa shape index (κ1) is 29.2. The van der Waals surface area contributed by atoms with Gasteiger partial charge in [-0.15, -0.1) is 6.58 Å². The van der Waals surface area contributed by atoms with Crippen LogP contribution in [0.25, 0.3) is 0 Å². The fourth-order valence-electron chi connectivity index (χ4n) is 3.64. The summed E-state index contributed by atoms with van der Waals surface area (Å²) in [6.45, 7) is 12.4. The zero-order valence-electron chi connectivity index (χ0n) is 22.3. The number of nitrogens with one attached hydrogen (secondary N) is 2. The Morgan fingerprint density at radius 3 is 2.22 bits per heavy atom. The molecule has 0 bridgehead atoms. The third-order valence-electron chi connectivity index (χ3n) is 5.36. The Balaban J connectivity index is 2.48. The summed E-state index contributed by atoms with van der Waals surface area (Å²) in [5.74, 6) is -0.949. The number of carbonyl (C=O) groups excluding carboxylic acids is 3. The molecule has 3 N–H and O–H groups in total. The summed E-state index contributed by atoms with van der Waals surface area (Å²) in [7, 11) is 1.54. The molecule has 0 heterocycles. The van der Waals surface area contributed by atoms with E-state index in [1.54, 1.807) is 77.1 Å². The van der Waals surface area contributed by atoms with Crippen LogP contribution in [0, 0.1) is 5.92 Å². The lowest BCUT2D eigenvalue weighted by atomic mass is 9.98. The van der Waals surface area contributed by atoms with Crippen molar-refractivity contribution in [3.63, 3.8) is 0 Å². The van der Waals surface area contributed by atoms with Gasteiger partial charge in [0.15, 0.2) is 0 Å². The number of alkyl carbamates (subject to hydrolysis) is 1. The van der Waals surface area contributed by atoms with Crippen LogP contribution in [0.3, 0.4) is 0 Å². The number of ether oxygens (including phenoxy) is 2. The monoisotopic (exact) mass is 511 g/mol. The van der Waals surface area contributed by atoms with Gasteiger partial charge in [-0.3, -0.25) is 9.59 Å². The van der Waals surface area contributed by atoms with Gasteiger partial charge in [0.25, 0.3) is 5.91 Å². The Morgan fingerprint density at radius 2 is 1.70 bits per heavy atom. The largest absolute Gasteiger partial charge is 0.508 e. The minimum Gasteiger partial charge on any atom is -0.508 e. The highest BCUT2D eigenvalue weighted by atomic mass is 16.6. The van der Waals surface area contributed by atoms with Gasteiger partial charge in [-0.2, -0.15) is 0 Å². The van der Waals surface area contributed by atoms with Crippen LogP contribution in [0.2, 0.25) is 0 Å². The number of nitrogens with zero attached hydrogens (tertiary/aromatic N) is 1. The quantitative estimate of drug-likeness (QED) is 0.400. The molecule has 0 radical (unpaired) electrons. The SMILES string of the molecule is C=CCN(C(=O)C(NC(=O)OC(C)(C)C)C(C)C)C(C(=O)Nc1ccc(OC)cc1)c1ccccc1O. The topological polar surface area (TPSA) is 117 Å². The van der Waals surface area contributed by atoms with Gasteiger partial charge in [0.05, 0.1) is 7.11 Å². The summed E-state index contributed by atoms with van der Waals surface area (Å²) >= 11 is 0. The normalized spacial score (nSPS) is 12.7. The highest BCUT2D eigenvalue weighted by Gasteiger charge is 2.38. The molecule has 0 aliphatic carbocycles. The van der Waals surface area contributed by atoms with E-state index in [1.165, 1.54) is 24.2 Å². The number of hydrogen-bond acceptors (Lipinski definition) is 6. The second-order valence-corrected chi connectivity index (χ2v) is 9.83. The number of phenols is 1. The van der Waals surface area contributed by atoms with Crippen molar-refractivity contribution in [2.75, 3.05) is 19.0 Å². The molecule has 9 heteroatoms. The zero-order chi connectivity index (χ0) is 27.8. The van der Waals surface area contributed by atoms with Crippen LogP contribution >= 0.6 is 0 Å². The van der Waals surface area contributed by atoms with Crippen molar-refractivity contribution in [3.8, 4) is 11.5 Å². The van der Waals surface area contributed by atoms with Crippen LogP contribution in [0.1, 0.15) is 46.2 Å². The molecule has 200 valence electrons. The smallest absolute Gasteiger partial charge is 0.408 e. The van der Waals surface area contributed by atoms with Gasteiger partial charge < -0.3 is 30.1 Å². The predicted molar refractivity (Wildman–Crippen MR) is 142 cm³/mol. The highest BCUT2D eigenvalue weighted by Crippen LogP contribution is 2.31. The highest BCUT2D eigenvalue weighted by molar-refractivity contribution is 5.99. The van der Waals surface area contributed by atoms with Gasteiger partial charge in [-0.25, -0.2) is 4.79 Å². The number of aromatic hydroxyl groups is 1. The van der Waals surface area contributed by atoms with Gasteiger partial charge in [0.1, 0.15) is 29.2 Å². The molecule has 2 aromatic carbocycles. The van der Waals surface area contributed by atoms with Gasteiger partial charge in [0.2, 0.25) is 5.91 Å². The van der Waals surface area contributed by atoms with E-state index in [0.29, 0.717) is 11.4 Å². The Morgan fingerprint density at radius 1 is 1.08 bits per heavy atom. The van der Waals surface area contributed by atoms with Crippen molar-refractivity contribution in [3.05, 3.63) is 66.7 Å². The number of hydrogen-bond donors (Lipinski definition) is 3. The van der Waals surface area contributed by atoms with Gasteiger partial charge in [-0.05, 0) is 57.0 Å². The number of carbonyl (C=O) groups is 3. The van der Waals surface area contributed by atoms with Gasteiger partial charge in [0, 0.05) is 17.8 Å².